The molecule has 5 aromatic rings. The summed E-state index contributed by atoms with van der Waals surface area (Å²) in [5.74, 6) is 0. The van der Waals surface area contributed by atoms with Crippen molar-refractivity contribution in [2.75, 3.05) is 0 Å². The zero-order valence-corrected chi connectivity index (χ0v) is 27.2. The summed E-state index contributed by atoms with van der Waals surface area (Å²) in [6.45, 7) is 15.9. The van der Waals surface area contributed by atoms with E-state index in [1.165, 1.54) is 27.8 Å². The van der Waals surface area contributed by atoms with E-state index in [4.69, 9.17) is 4.98 Å². The zero-order valence-electron chi connectivity index (χ0n) is 24.8. The van der Waals surface area contributed by atoms with Crippen molar-refractivity contribution >= 4 is 0 Å². The van der Waals surface area contributed by atoms with E-state index >= 15 is 0 Å². The van der Waals surface area contributed by atoms with E-state index in [9.17, 15) is 0 Å². The Kier molecular flexibility index (Phi) is 8.73. The van der Waals surface area contributed by atoms with Crippen LogP contribution in [0.25, 0.3) is 22.5 Å². The summed E-state index contributed by atoms with van der Waals surface area (Å²) in [7, 11) is 0. The van der Waals surface area contributed by atoms with Gasteiger partial charge < -0.3 is 19.9 Å². The number of aromatic nitrogens is 4. The molecule has 0 spiro atoms. The molecule has 0 N–H and O–H groups in total. The summed E-state index contributed by atoms with van der Waals surface area (Å²) in [5.41, 5.74) is 10.2. The van der Waals surface area contributed by atoms with E-state index in [0.717, 1.165) is 22.5 Å². The maximum atomic E-state index is 4.73. The fraction of sp³-hybridized carbons (Fsp3) is 0.278. The topological polar surface area (TPSA) is 51.6 Å². The average Bonchev–Trinajstić information content (AvgIpc) is 2.97. The van der Waals surface area contributed by atoms with E-state index in [2.05, 4.69) is 112 Å². The quantitative estimate of drug-likeness (QED) is 0.173. The molecule has 4 nitrogen and oxygen atoms in total. The van der Waals surface area contributed by atoms with Crippen molar-refractivity contribution in [3.63, 3.8) is 0 Å². The Morgan fingerprint density at radius 1 is 0.707 bits per heavy atom. The Labute approximate surface area is 258 Å². The van der Waals surface area contributed by atoms with Gasteiger partial charge in [-0.1, -0.05) is 115 Å². The monoisotopic (exact) mass is 717 g/mol. The number of rotatable bonds is 2. The first kappa shape index (κ1) is 30.4. The largest absolute Gasteiger partial charge is 0.360 e. The molecule has 0 unspecified atom stereocenters. The molecular formula is C36H36IrN4-2. The molecule has 0 saturated carbocycles. The van der Waals surface area contributed by atoms with Gasteiger partial charge in [-0.25, -0.2) is 0 Å². The van der Waals surface area contributed by atoms with Gasteiger partial charge in [0.25, 0.3) is 0 Å². The second kappa shape index (κ2) is 11.8. The van der Waals surface area contributed by atoms with E-state index in [1.807, 2.05) is 30.6 Å². The third kappa shape index (κ3) is 5.93. The first-order valence-corrected chi connectivity index (χ1v) is 13.7. The minimum Gasteiger partial charge on any atom is -0.360 e. The molecule has 1 radical (unpaired) electrons. The molecule has 211 valence electrons. The molecule has 4 heterocycles. The van der Waals surface area contributed by atoms with Crippen molar-refractivity contribution in [3.05, 3.63) is 132 Å². The molecule has 1 aromatic carbocycles. The zero-order chi connectivity index (χ0) is 28.5. The number of nitrogens with zero attached hydrogens (tertiary/aromatic N) is 4. The van der Waals surface area contributed by atoms with Crippen molar-refractivity contribution < 1.29 is 20.1 Å². The maximum absolute atomic E-state index is 4.73. The molecule has 1 aliphatic carbocycles. The Balaban J connectivity index is 0.000000249. The maximum Gasteiger partial charge on any atom is 0.0163 e. The smallest absolute Gasteiger partial charge is 0.0163 e. The molecule has 6 rings (SSSR count). The molecule has 5 heteroatoms. The third-order valence-corrected chi connectivity index (χ3v) is 7.89. The molecule has 0 fully saturated rings. The van der Waals surface area contributed by atoms with Gasteiger partial charge in [-0.3, -0.25) is 0 Å². The van der Waals surface area contributed by atoms with Gasteiger partial charge in [0.2, 0.25) is 0 Å². The summed E-state index contributed by atoms with van der Waals surface area (Å²) in [6.07, 6.45) is 12.4. The molecule has 4 aromatic heterocycles. The third-order valence-electron chi connectivity index (χ3n) is 7.89. The average molecular weight is 717 g/mol. The molecule has 0 saturated heterocycles. The van der Waals surface area contributed by atoms with E-state index < -0.39 is 0 Å². The van der Waals surface area contributed by atoms with Gasteiger partial charge in [0.15, 0.2) is 0 Å². The Morgan fingerprint density at radius 3 is 2.02 bits per heavy atom. The molecule has 41 heavy (non-hydrogen) atoms. The van der Waals surface area contributed by atoms with Crippen LogP contribution >= 0.6 is 0 Å². The van der Waals surface area contributed by atoms with E-state index in [0.29, 0.717) is 0 Å². The van der Waals surface area contributed by atoms with Crippen LogP contribution in [0.1, 0.15) is 76.3 Å². The number of pyridine rings is 4. The van der Waals surface area contributed by atoms with Gasteiger partial charge in [-0.15, -0.1) is 28.8 Å². The Hall–Kier alpha value is -3.53. The van der Waals surface area contributed by atoms with Crippen LogP contribution in [0.5, 0.6) is 0 Å². The van der Waals surface area contributed by atoms with E-state index in [1.54, 1.807) is 24.7 Å². The molecule has 0 atom stereocenters. The van der Waals surface area contributed by atoms with Crippen LogP contribution < -0.4 is 0 Å². The van der Waals surface area contributed by atoms with Crippen molar-refractivity contribution in [2.45, 2.75) is 64.7 Å². The van der Waals surface area contributed by atoms with E-state index in [-0.39, 0.29) is 36.4 Å². The van der Waals surface area contributed by atoms with Crippen molar-refractivity contribution in [1.29, 1.82) is 0 Å². The summed E-state index contributed by atoms with van der Waals surface area (Å²) < 4.78 is 0. The summed E-state index contributed by atoms with van der Waals surface area (Å²) >= 11 is 0. The van der Waals surface area contributed by atoms with Gasteiger partial charge in [-0.2, -0.15) is 0 Å². The number of fused-ring (bicyclic) bond motifs is 2. The number of benzene rings is 1. The van der Waals surface area contributed by atoms with Crippen LogP contribution in [0.2, 0.25) is 0 Å². The van der Waals surface area contributed by atoms with Gasteiger partial charge in [0.05, 0.1) is 0 Å². The predicted octanol–water partition coefficient (Wildman–Crippen LogP) is 8.15. The van der Waals surface area contributed by atoms with Crippen LogP contribution in [0.3, 0.4) is 0 Å². The predicted molar refractivity (Wildman–Crippen MR) is 162 cm³/mol. The van der Waals surface area contributed by atoms with Crippen LogP contribution in [0, 0.1) is 12.3 Å². The SMILES string of the molecule is CC(C)(C)c1ccnc(-c2[c-]ncc3c2C(C)(C)c2ccccc2C3(C)C)c1.[Ir].[c-]1ccncc1-c1ccccn1. The molecule has 0 aliphatic heterocycles. The van der Waals surface area contributed by atoms with Crippen molar-refractivity contribution in [1.82, 2.24) is 19.9 Å². The number of hydrogen-bond acceptors (Lipinski definition) is 4. The fourth-order valence-electron chi connectivity index (χ4n) is 5.60. The van der Waals surface area contributed by atoms with Crippen LogP contribution in [0.4, 0.5) is 0 Å². The first-order chi connectivity index (χ1) is 19.0. The molecule has 0 amide bonds. The fourth-order valence-corrected chi connectivity index (χ4v) is 5.60. The van der Waals surface area contributed by atoms with Gasteiger partial charge in [0, 0.05) is 32.5 Å². The van der Waals surface area contributed by atoms with Crippen LogP contribution in [-0.2, 0) is 36.4 Å². The van der Waals surface area contributed by atoms with Crippen LogP contribution in [0.15, 0.2) is 91.6 Å². The minimum atomic E-state index is -0.143. The van der Waals surface area contributed by atoms with Gasteiger partial charge in [-0.05, 0) is 62.7 Å². The van der Waals surface area contributed by atoms with Gasteiger partial charge in [0.1, 0.15) is 0 Å². The second-order valence-electron chi connectivity index (χ2n) is 12.4. The molecule has 0 bridgehead atoms. The standard InChI is InChI=1S/C26H29N2.C10H7N2.Ir/c1-24(2,3)17-12-13-28-22(14-17)18-15-27-16-21-23(18)26(6,7)20-11-9-8-10-19(20)25(21,4)5;1-2-7-12-10(5-1)9-4-3-6-11-8-9;/h8-14,16H,1-7H3;1-3,5-8H;/q2*-1;. The summed E-state index contributed by atoms with van der Waals surface area (Å²) in [5, 5.41) is 0. The Morgan fingerprint density at radius 2 is 1.39 bits per heavy atom. The van der Waals surface area contributed by atoms with Crippen molar-refractivity contribution in [2.24, 2.45) is 0 Å². The summed E-state index contributed by atoms with van der Waals surface area (Å²) in [6, 6.07) is 23.7. The summed E-state index contributed by atoms with van der Waals surface area (Å²) in [4.78, 5) is 17.4. The Bertz CT molecular complexity index is 1580. The van der Waals surface area contributed by atoms with Gasteiger partial charge >= 0.3 is 0 Å². The molecule has 1 aliphatic rings. The normalized spacial score (nSPS) is 14.4. The molecular weight excluding hydrogens is 681 g/mol. The van der Waals surface area contributed by atoms with Crippen LogP contribution in [-0.4, -0.2) is 19.9 Å². The first-order valence-electron chi connectivity index (χ1n) is 13.7. The second-order valence-corrected chi connectivity index (χ2v) is 12.4. The minimum absolute atomic E-state index is 0. The van der Waals surface area contributed by atoms with Crippen molar-refractivity contribution in [3.8, 4) is 22.5 Å². The number of hydrogen-bond donors (Lipinski definition) is 0.